The monoisotopic (exact) mass is 414 g/mol. The van der Waals surface area contributed by atoms with Crippen molar-refractivity contribution in [2.24, 2.45) is 0 Å². The van der Waals surface area contributed by atoms with Crippen LogP contribution in [0.3, 0.4) is 0 Å². The average Bonchev–Trinajstić information content (AvgIpc) is 2.67. The van der Waals surface area contributed by atoms with Crippen LogP contribution in [-0.2, 0) is 11.0 Å². The van der Waals surface area contributed by atoms with Gasteiger partial charge in [-0.1, -0.05) is 17.8 Å². The van der Waals surface area contributed by atoms with Crippen LogP contribution < -0.4 is 10.2 Å². The van der Waals surface area contributed by atoms with E-state index in [1.54, 1.807) is 12.4 Å². The molecule has 1 aliphatic heterocycles. The molecule has 144 valence electrons. The largest absolute Gasteiger partial charge is 0.416 e. The molecule has 1 N–H and O–H groups in total. The summed E-state index contributed by atoms with van der Waals surface area (Å²) in [4.78, 5) is 23.0. The number of hydrogen-bond acceptors (Lipinski definition) is 6. The summed E-state index contributed by atoms with van der Waals surface area (Å²) >= 11 is 3.10. The quantitative estimate of drug-likeness (QED) is 0.752. The summed E-state index contributed by atoms with van der Waals surface area (Å²) in [6, 6.07) is 4.58. The number of alkyl halides is 3. The van der Waals surface area contributed by atoms with Gasteiger partial charge in [-0.3, -0.25) is 4.79 Å². The molecule has 0 unspecified atom stereocenters. The summed E-state index contributed by atoms with van der Waals surface area (Å²) in [5, 5.41) is 3.14. The Morgan fingerprint density at radius 2 is 1.96 bits per heavy atom. The van der Waals surface area contributed by atoms with E-state index in [1.807, 2.05) is 11.8 Å². The van der Waals surface area contributed by atoms with E-state index in [-0.39, 0.29) is 11.4 Å². The van der Waals surface area contributed by atoms with Crippen LogP contribution in [0.15, 0.2) is 41.7 Å². The van der Waals surface area contributed by atoms with E-state index >= 15 is 0 Å². The highest BCUT2D eigenvalue weighted by molar-refractivity contribution is 8.00. The van der Waals surface area contributed by atoms with E-state index in [0.717, 1.165) is 42.5 Å². The van der Waals surface area contributed by atoms with Gasteiger partial charge in [0.25, 0.3) is 0 Å². The third kappa shape index (κ3) is 5.52. The lowest BCUT2D eigenvalue weighted by Gasteiger charge is -2.28. The van der Waals surface area contributed by atoms with Crippen LogP contribution in [0.4, 0.5) is 24.7 Å². The number of anilines is 2. The van der Waals surface area contributed by atoms with Crippen molar-refractivity contribution in [3.8, 4) is 0 Å². The van der Waals surface area contributed by atoms with Crippen LogP contribution in [0.5, 0.6) is 0 Å². The molecule has 1 aliphatic rings. The summed E-state index contributed by atoms with van der Waals surface area (Å²) in [7, 11) is 0. The fraction of sp³-hybridized carbons (Fsp3) is 0.353. The van der Waals surface area contributed by atoms with Gasteiger partial charge in [0.1, 0.15) is 5.03 Å². The minimum atomic E-state index is -4.45. The Hall–Kier alpha value is -1.94. The molecule has 0 bridgehead atoms. The van der Waals surface area contributed by atoms with Crippen LogP contribution in [-0.4, -0.2) is 46.2 Å². The van der Waals surface area contributed by atoms with Gasteiger partial charge in [-0.25, -0.2) is 9.97 Å². The lowest BCUT2D eigenvalue weighted by molar-refractivity contribution is -0.137. The van der Waals surface area contributed by atoms with Crippen molar-refractivity contribution in [1.82, 2.24) is 9.97 Å². The number of aromatic nitrogens is 2. The van der Waals surface area contributed by atoms with E-state index in [9.17, 15) is 18.0 Å². The summed E-state index contributed by atoms with van der Waals surface area (Å²) in [6.45, 7) is 1.74. The van der Waals surface area contributed by atoms with Crippen molar-refractivity contribution < 1.29 is 18.0 Å². The van der Waals surface area contributed by atoms with Gasteiger partial charge in [-0.2, -0.15) is 24.9 Å². The Morgan fingerprint density at radius 1 is 1.22 bits per heavy atom. The molecule has 0 radical (unpaired) electrons. The van der Waals surface area contributed by atoms with E-state index in [2.05, 4.69) is 20.2 Å². The number of nitrogens with zero attached hydrogens (tertiary/aromatic N) is 3. The zero-order valence-corrected chi connectivity index (χ0v) is 15.8. The fourth-order valence-electron chi connectivity index (χ4n) is 2.52. The number of halogens is 3. The molecule has 5 nitrogen and oxygen atoms in total. The van der Waals surface area contributed by atoms with Crippen LogP contribution in [0.2, 0.25) is 0 Å². The molecule has 1 saturated heterocycles. The van der Waals surface area contributed by atoms with E-state index in [4.69, 9.17) is 0 Å². The minimum Gasteiger partial charge on any atom is -0.353 e. The highest BCUT2D eigenvalue weighted by atomic mass is 32.2. The standard InChI is InChI=1S/C17H17F3N4OS2/c18-17(19,20)12-2-1-3-13(10-12)23-14(25)11-27-16-15(21-4-5-22-16)24-6-8-26-9-7-24/h1-5,10H,6-9,11H2,(H,23,25). The summed E-state index contributed by atoms with van der Waals surface area (Å²) in [6.07, 6.45) is -1.27. The predicted octanol–water partition coefficient (Wildman–Crippen LogP) is 3.78. The third-order valence-electron chi connectivity index (χ3n) is 3.77. The van der Waals surface area contributed by atoms with Gasteiger partial charge in [0, 0.05) is 42.7 Å². The summed E-state index contributed by atoms with van der Waals surface area (Å²) < 4.78 is 38.3. The Bertz CT molecular complexity index is 798. The van der Waals surface area contributed by atoms with Crippen molar-refractivity contribution >= 4 is 40.9 Å². The first-order valence-corrected chi connectivity index (χ1v) is 10.3. The molecule has 1 fully saturated rings. The maximum atomic E-state index is 12.8. The van der Waals surface area contributed by atoms with Gasteiger partial charge in [-0.15, -0.1) is 0 Å². The molecule has 1 aromatic carbocycles. The zero-order chi connectivity index (χ0) is 19.3. The molecule has 1 amide bonds. The molecule has 3 rings (SSSR count). The topological polar surface area (TPSA) is 58.1 Å². The lowest BCUT2D eigenvalue weighted by Crippen LogP contribution is -2.33. The smallest absolute Gasteiger partial charge is 0.353 e. The van der Waals surface area contributed by atoms with Gasteiger partial charge < -0.3 is 10.2 Å². The molecule has 2 heterocycles. The zero-order valence-electron chi connectivity index (χ0n) is 14.2. The van der Waals surface area contributed by atoms with Gasteiger partial charge >= 0.3 is 6.18 Å². The number of thioether (sulfide) groups is 2. The molecule has 0 spiro atoms. The second kappa shape index (κ2) is 8.83. The van der Waals surface area contributed by atoms with Gasteiger partial charge in [-0.05, 0) is 18.2 Å². The average molecular weight is 414 g/mol. The first-order chi connectivity index (χ1) is 12.9. The molecular formula is C17H17F3N4OS2. The lowest BCUT2D eigenvalue weighted by atomic mass is 10.2. The molecule has 1 aromatic heterocycles. The number of amides is 1. The second-order valence-electron chi connectivity index (χ2n) is 5.70. The Kier molecular flexibility index (Phi) is 6.48. The first kappa shape index (κ1) is 19.8. The Morgan fingerprint density at radius 3 is 2.70 bits per heavy atom. The van der Waals surface area contributed by atoms with Crippen molar-refractivity contribution in [2.75, 3.05) is 40.6 Å². The van der Waals surface area contributed by atoms with Crippen molar-refractivity contribution in [1.29, 1.82) is 0 Å². The van der Waals surface area contributed by atoms with Gasteiger partial charge in [0.2, 0.25) is 5.91 Å². The van der Waals surface area contributed by atoms with E-state index in [1.165, 1.54) is 23.9 Å². The van der Waals surface area contributed by atoms with Crippen LogP contribution >= 0.6 is 23.5 Å². The number of nitrogens with one attached hydrogen (secondary N) is 1. The second-order valence-corrected chi connectivity index (χ2v) is 7.89. The maximum absolute atomic E-state index is 12.8. The maximum Gasteiger partial charge on any atom is 0.416 e. The van der Waals surface area contributed by atoms with Crippen molar-refractivity contribution in [3.05, 3.63) is 42.2 Å². The molecule has 0 saturated carbocycles. The number of carbonyl (C=O) groups is 1. The van der Waals surface area contributed by atoms with Crippen molar-refractivity contribution in [3.63, 3.8) is 0 Å². The molecule has 27 heavy (non-hydrogen) atoms. The Labute approximate surface area is 163 Å². The number of carbonyl (C=O) groups excluding carboxylic acids is 1. The van der Waals surface area contributed by atoms with E-state index in [0.29, 0.717) is 5.03 Å². The third-order valence-corrected chi connectivity index (χ3v) is 5.68. The predicted molar refractivity (Wildman–Crippen MR) is 102 cm³/mol. The fourth-order valence-corrected chi connectivity index (χ4v) is 4.21. The molecule has 10 heteroatoms. The number of rotatable bonds is 5. The molecule has 0 aliphatic carbocycles. The van der Waals surface area contributed by atoms with Crippen LogP contribution in [0.25, 0.3) is 0 Å². The van der Waals surface area contributed by atoms with Crippen LogP contribution in [0.1, 0.15) is 5.56 Å². The number of benzene rings is 1. The van der Waals surface area contributed by atoms with Crippen molar-refractivity contribution in [2.45, 2.75) is 11.2 Å². The number of hydrogen-bond donors (Lipinski definition) is 1. The van der Waals surface area contributed by atoms with Gasteiger partial charge in [0.15, 0.2) is 5.82 Å². The molecule has 0 atom stereocenters. The summed E-state index contributed by atoms with van der Waals surface area (Å²) in [5.74, 6) is 2.40. The summed E-state index contributed by atoms with van der Waals surface area (Å²) in [5.41, 5.74) is -0.685. The van der Waals surface area contributed by atoms with Gasteiger partial charge in [0.05, 0.1) is 11.3 Å². The SMILES string of the molecule is O=C(CSc1nccnc1N1CCSCC1)Nc1cccc(C(F)(F)F)c1. The van der Waals surface area contributed by atoms with E-state index < -0.39 is 17.6 Å². The Balaban J connectivity index is 1.62. The molecule has 2 aromatic rings. The highest BCUT2D eigenvalue weighted by Gasteiger charge is 2.30. The minimum absolute atomic E-state index is 0.0323. The molecular weight excluding hydrogens is 397 g/mol. The normalized spacial score (nSPS) is 14.9. The van der Waals surface area contributed by atoms with Crippen LogP contribution in [0, 0.1) is 0 Å². The highest BCUT2D eigenvalue weighted by Crippen LogP contribution is 2.31. The first-order valence-electron chi connectivity index (χ1n) is 8.17.